The van der Waals surface area contributed by atoms with Crippen molar-refractivity contribution in [2.24, 2.45) is 0 Å². The molecule has 1 heterocycles. The molecule has 0 aliphatic carbocycles. The Hall–Kier alpha value is -2.02. The zero-order valence-corrected chi connectivity index (χ0v) is 14.2. The molecular weight excluding hydrogens is 330 g/mol. The first-order valence-corrected chi connectivity index (χ1v) is 7.93. The zero-order chi connectivity index (χ0) is 16.2. The van der Waals surface area contributed by atoms with Crippen molar-refractivity contribution in [2.45, 2.75) is 13.2 Å². The number of halogens is 1. The van der Waals surface area contributed by atoms with Crippen molar-refractivity contribution >= 4 is 23.8 Å². The normalized spacial score (nSPS) is 11.1. The molecule has 3 rings (SSSR count). The summed E-state index contributed by atoms with van der Waals surface area (Å²) >= 11 is 11.5. The Labute approximate surface area is 144 Å². The van der Waals surface area contributed by atoms with E-state index in [2.05, 4.69) is 27.5 Å². The lowest BCUT2D eigenvalue weighted by Gasteiger charge is -2.15. The summed E-state index contributed by atoms with van der Waals surface area (Å²) in [6.45, 7) is 1.38. The monoisotopic (exact) mass is 345 g/mol. The van der Waals surface area contributed by atoms with Crippen molar-refractivity contribution in [2.75, 3.05) is 7.05 Å². The van der Waals surface area contributed by atoms with Crippen molar-refractivity contribution in [1.29, 1.82) is 0 Å². The highest BCUT2D eigenvalue weighted by Crippen LogP contribution is 2.14. The van der Waals surface area contributed by atoms with Crippen LogP contribution in [0.1, 0.15) is 5.56 Å². The number of hydrogen-bond acceptors (Lipinski definition) is 4. The third-order valence-corrected chi connectivity index (χ3v) is 3.98. The van der Waals surface area contributed by atoms with Crippen molar-refractivity contribution in [3.05, 3.63) is 70.0 Å². The number of rotatable bonds is 5. The van der Waals surface area contributed by atoms with E-state index in [0.29, 0.717) is 16.5 Å². The van der Waals surface area contributed by atoms with Crippen molar-refractivity contribution in [1.82, 2.24) is 24.7 Å². The summed E-state index contributed by atoms with van der Waals surface area (Å²) in [5, 5.41) is 8.91. The lowest BCUT2D eigenvalue weighted by molar-refractivity contribution is 0.242. The van der Waals surface area contributed by atoms with Crippen LogP contribution in [0.5, 0.6) is 0 Å². The summed E-state index contributed by atoms with van der Waals surface area (Å²) in [6, 6.07) is 17.6. The van der Waals surface area contributed by atoms with Crippen LogP contribution in [0, 0.1) is 4.77 Å². The molecule has 0 saturated heterocycles. The van der Waals surface area contributed by atoms with Gasteiger partial charge in [-0.05, 0) is 53.5 Å². The van der Waals surface area contributed by atoms with Gasteiger partial charge in [-0.1, -0.05) is 48.0 Å². The van der Waals surface area contributed by atoms with Gasteiger partial charge in [0.2, 0.25) is 4.77 Å². The molecule has 0 bridgehead atoms. The summed E-state index contributed by atoms with van der Waals surface area (Å²) in [5.41, 5.74) is 2.04. The van der Waals surface area contributed by atoms with Gasteiger partial charge >= 0.3 is 0 Å². The highest BCUT2D eigenvalue weighted by molar-refractivity contribution is 7.71. The molecule has 3 aromatic rings. The van der Waals surface area contributed by atoms with E-state index in [1.165, 1.54) is 5.56 Å². The predicted octanol–water partition coefficient (Wildman–Crippen LogP) is 3.54. The Balaban J connectivity index is 1.76. The van der Waals surface area contributed by atoms with Gasteiger partial charge in [0.25, 0.3) is 0 Å². The van der Waals surface area contributed by atoms with Gasteiger partial charge in [0, 0.05) is 11.6 Å². The molecule has 0 radical (unpaired) electrons. The van der Waals surface area contributed by atoms with Crippen LogP contribution in [0.3, 0.4) is 0 Å². The molecule has 0 aliphatic rings. The minimum absolute atomic E-state index is 0.534. The van der Waals surface area contributed by atoms with Gasteiger partial charge < -0.3 is 0 Å². The lowest BCUT2D eigenvalue weighted by Crippen LogP contribution is -2.22. The van der Waals surface area contributed by atoms with Gasteiger partial charge in [0.05, 0.1) is 12.4 Å². The second kappa shape index (κ2) is 7.04. The van der Waals surface area contributed by atoms with Crippen LogP contribution in [0.2, 0.25) is 5.02 Å². The van der Waals surface area contributed by atoms with Crippen LogP contribution >= 0.6 is 23.8 Å². The maximum atomic E-state index is 6.02. The zero-order valence-electron chi connectivity index (χ0n) is 12.6. The average molecular weight is 346 g/mol. The fourth-order valence-corrected chi connectivity index (χ4v) is 2.73. The number of nitrogens with zero attached hydrogens (tertiary/aromatic N) is 5. The Morgan fingerprint density at radius 2 is 1.87 bits per heavy atom. The summed E-state index contributed by atoms with van der Waals surface area (Å²) < 4.78 is 3.84. The molecule has 0 N–H and O–H groups in total. The number of benzene rings is 2. The molecule has 0 amide bonds. The van der Waals surface area contributed by atoms with Gasteiger partial charge in [0.15, 0.2) is 0 Å². The molecule has 5 nitrogen and oxygen atoms in total. The molecule has 0 spiro atoms. The fraction of sp³-hybridized carbons (Fsp3) is 0.188. The summed E-state index contributed by atoms with van der Waals surface area (Å²) in [7, 11) is 2.02. The first-order valence-electron chi connectivity index (χ1n) is 7.15. The second-order valence-corrected chi connectivity index (χ2v) is 6.10. The van der Waals surface area contributed by atoms with Gasteiger partial charge in [-0.2, -0.15) is 4.68 Å². The number of hydrogen-bond donors (Lipinski definition) is 0. The van der Waals surface area contributed by atoms with Crippen LogP contribution in [-0.2, 0) is 13.2 Å². The van der Waals surface area contributed by atoms with Crippen molar-refractivity contribution in [3.8, 4) is 5.69 Å². The minimum Gasteiger partial charge on any atom is -0.283 e. The smallest absolute Gasteiger partial charge is 0.221 e. The molecule has 0 fully saturated rings. The van der Waals surface area contributed by atoms with Crippen LogP contribution in [-0.4, -0.2) is 31.7 Å². The molecule has 1 aromatic heterocycles. The number of tetrazole rings is 1. The molecule has 0 atom stereocenters. The van der Waals surface area contributed by atoms with Gasteiger partial charge in [-0.15, -0.1) is 0 Å². The van der Waals surface area contributed by atoms with Gasteiger partial charge in [-0.25, -0.2) is 4.68 Å². The quantitative estimate of drug-likeness (QED) is 0.663. The number of aromatic nitrogens is 4. The largest absolute Gasteiger partial charge is 0.283 e. The molecular formula is C16H16ClN5S. The van der Waals surface area contributed by atoms with E-state index in [4.69, 9.17) is 23.8 Å². The first kappa shape index (κ1) is 15.9. The lowest BCUT2D eigenvalue weighted by atomic mass is 10.2. The maximum Gasteiger partial charge on any atom is 0.221 e. The van der Waals surface area contributed by atoms with E-state index in [9.17, 15) is 0 Å². The summed E-state index contributed by atoms with van der Waals surface area (Å²) in [5.74, 6) is 0. The van der Waals surface area contributed by atoms with E-state index in [0.717, 1.165) is 12.2 Å². The van der Waals surface area contributed by atoms with E-state index in [-0.39, 0.29) is 0 Å². The average Bonchev–Trinajstić information content (AvgIpc) is 2.89. The molecule has 7 heteroatoms. The fourth-order valence-electron chi connectivity index (χ4n) is 2.31. The van der Waals surface area contributed by atoms with Crippen molar-refractivity contribution in [3.63, 3.8) is 0 Å². The Morgan fingerprint density at radius 1 is 1.09 bits per heavy atom. The van der Waals surface area contributed by atoms with Gasteiger partial charge in [-0.3, -0.25) is 4.90 Å². The topological polar surface area (TPSA) is 38.9 Å². The molecule has 0 saturated carbocycles. The SMILES string of the molecule is CN(Cc1ccccc1)Cn1nnn(-c2cccc(Cl)c2)c1=S. The standard InChI is InChI=1S/C16H16ClN5S/c1-20(11-13-6-3-2-4-7-13)12-21-16(23)22(19-18-21)15-9-5-8-14(17)10-15/h2-10H,11-12H2,1H3. The van der Waals surface area contributed by atoms with Gasteiger partial charge in [0.1, 0.15) is 0 Å². The predicted molar refractivity (Wildman–Crippen MR) is 93.1 cm³/mol. The third kappa shape index (κ3) is 3.85. The molecule has 118 valence electrons. The van der Waals surface area contributed by atoms with Crippen LogP contribution in [0.25, 0.3) is 5.69 Å². The highest BCUT2D eigenvalue weighted by Gasteiger charge is 2.08. The summed E-state index contributed by atoms with van der Waals surface area (Å²) in [6.07, 6.45) is 0. The third-order valence-electron chi connectivity index (χ3n) is 3.36. The first-order chi connectivity index (χ1) is 11.1. The van der Waals surface area contributed by atoms with E-state index < -0.39 is 0 Å². The Bertz CT molecular complexity index is 843. The summed E-state index contributed by atoms with van der Waals surface area (Å²) in [4.78, 5) is 2.13. The molecule has 0 aliphatic heterocycles. The van der Waals surface area contributed by atoms with E-state index in [1.54, 1.807) is 9.36 Å². The van der Waals surface area contributed by atoms with Crippen molar-refractivity contribution < 1.29 is 0 Å². The minimum atomic E-state index is 0.534. The maximum absolute atomic E-state index is 6.02. The van der Waals surface area contributed by atoms with Crippen LogP contribution in [0.15, 0.2) is 54.6 Å². The molecule has 23 heavy (non-hydrogen) atoms. The van der Waals surface area contributed by atoms with E-state index >= 15 is 0 Å². The van der Waals surface area contributed by atoms with Crippen LogP contribution in [0.4, 0.5) is 0 Å². The van der Waals surface area contributed by atoms with Crippen LogP contribution < -0.4 is 0 Å². The molecule has 0 unspecified atom stereocenters. The Kier molecular flexibility index (Phi) is 4.85. The highest BCUT2D eigenvalue weighted by atomic mass is 35.5. The Morgan fingerprint density at radius 3 is 2.61 bits per heavy atom. The second-order valence-electron chi connectivity index (χ2n) is 5.29. The molecule has 2 aromatic carbocycles. The van der Waals surface area contributed by atoms with E-state index in [1.807, 2.05) is 49.5 Å².